The van der Waals surface area contributed by atoms with E-state index in [2.05, 4.69) is 0 Å². The van der Waals surface area contributed by atoms with Crippen LogP contribution in [0.3, 0.4) is 0 Å². The maximum absolute atomic E-state index is 12.3. The fourth-order valence-electron chi connectivity index (χ4n) is 1.73. The van der Waals surface area contributed by atoms with Crippen LogP contribution in [0.2, 0.25) is 0 Å². The predicted molar refractivity (Wildman–Crippen MR) is 68.1 cm³/mol. The van der Waals surface area contributed by atoms with Gasteiger partial charge in [-0.1, -0.05) is 0 Å². The van der Waals surface area contributed by atoms with Crippen molar-refractivity contribution in [3.05, 3.63) is 11.1 Å². The van der Waals surface area contributed by atoms with Crippen LogP contribution in [-0.4, -0.2) is 57.4 Å². The molecule has 1 rings (SSSR count). The molecule has 0 amide bonds. The third kappa shape index (κ3) is 3.46. The quantitative estimate of drug-likeness (QED) is 0.536. The van der Waals surface area contributed by atoms with Crippen LogP contribution in [0.5, 0.6) is 0 Å². The monoisotopic (exact) mass is 276 g/mol. The van der Waals surface area contributed by atoms with Gasteiger partial charge >= 0.3 is 5.97 Å². The lowest BCUT2D eigenvalue weighted by atomic mass is 10.4. The highest BCUT2D eigenvalue weighted by atomic mass is 32.2. The molecule has 0 radical (unpaired) electrons. The molecule has 0 aromatic carbocycles. The average Bonchev–Trinajstić information content (AvgIpc) is 2.79. The number of ether oxygens (including phenoxy) is 1. The molecule has 0 aliphatic carbocycles. The summed E-state index contributed by atoms with van der Waals surface area (Å²) in [6, 6.07) is 0. The summed E-state index contributed by atoms with van der Waals surface area (Å²) in [5.41, 5.74) is 0. The minimum absolute atomic E-state index is 0.152. The number of sulfonamides is 1. The number of carbonyl (C=O) groups is 1. The molecule has 0 saturated carbocycles. The molecule has 1 heterocycles. The van der Waals surface area contributed by atoms with Crippen molar-refractivity contribution in [3.63, 3.8) is 0 Å². The zero-order valence-corrected chi connectivity index (χ0v) is 11.9. The van der Waals surface area contributed by atoms with E-state index in [0.29, 0.717) is 13.1 Å². The Morgan fingerprint density at radius 1 is 1.33 bits per heavy atom. The smallest absolute Gasteiger partial charge is 0.352 e. The van der Waals surface area contributed by atoms with Crippen LogP contribution in [0.15, 0.2) is 11.1 Å². The van der Waals surface area contributed by atoms with Gasteiger partial charge in [-0.25, -0.2) is 13.2 Å². The molecule has 6 nitrogen and oxygen atoms in total. The molecular formula is C11H20N2O4S. The molecule has 18 heavy (non-hydrogen) atoms. The predicted octanol–water partition coefficient (Wildman–Crippen LogP) is 0.378. The number of carbonyl (C=O) groups excluding carboxylic acids is 1. The highest BCUT2D eigenvalue weighted by Gasteiger charge is 2.34. The molecule has 1 aliphatic heterocycles. The minimum Gasteiger partial charge on any atom is -0.462 e. The first-order valence-electron chi connectivity index (χ1n) is 5.95. The van der Waals surface area contributed by atoms with Crippen molar-refractivity contribution in [1.29, 1.82) is 0 Å². The van der Waals surface area contributed by atoms with E-state index in [-0.39, 0.29) is 11.5 Å². The first-order chi connectivity index (χ1) is 8.39. The third-order valence-corrected chi connectivity index (χ3v) is 4.41. The summed E-state index contributed by atoms with van der Waals surface area (Å²) in [6.07, 6.45) is 2.96. The number of esters is 1. The maximum Gasteiger partial charge on any atom is 0.352 e. The Bertz CT molecular complexity index is 422. The normalized spacial score (nSPS) is 17.8. The molecular weight excluding hydrogens is 256 g/mol. The van der Waals surface area contributed by atoms with Gasteiger partial charge in [-0.2, -0.15) is 4.31 Å². The van der Waals surface area contributed by atoms with Gasteiger partial charge in [0.25, 0.3) is 10.0 Å². The number of hydrogen-bond acceptors (Lipinski definition) is 5. The van der Waals surface area contributed by atoms with Crippen molar-refractivity contribution in [3.8, 4) is 0 Å². The van der Waals surface area contributed by atoms with E-state index in [9.17, 15) is 13.2 Å². The second-order valence-electron chi connectivity index (χ2n) is 4.29. The van der Waals surface area contributed by atoms with E-state index in [0.717, 1.165) is 12.8 Å². The summed E-state index contributed by atoms with van der Waals surface area (Å²) in [5.74, 6) is -0.793. The first kappa shape index (κ1) is 15.0. The molecule has 7 heteroatoms. The van der Waals surface area contributed by atoms with E-state index in [1.54, 1.807) is 21.0 Å². The number of hydrogen-bond donors (Lipinski definition) is 0. The summed E-state index contributed by atoms with van der Waals surface area (Å²) in [7, 11) is -0.408. The minimum atomic E-state index is -3.74. The fourth-order valence-corrected chi connectivity index (χ4v) is 3.36. The van der Waals surface area contributed by atoms with Crippen LogP contribution < -0.4 is 0 Å². The molecule has 0 N–H and O–H groups in total. The Balaban J connectivity index is 3.06. The molecule has 1 saturated heterocycles. The van der Waals surface area contributed by atoms with Gasteiger partial charge < -0.3 is 9.64 Å². The first-order valence-corrected chi connectivity index (χ1v) is 7.39. The van der Waals surface area contributed by atoms with Crippen molar-refractivity contribution in [1.82, 2.24) is 9.21 Å². The highest BCUT2D eigenvalue weighted by Crippen LogP contribution is 2.20. The van der Waals surface area contributed by atoms with E-state index >= 15 is 0 Å². The summed E-state index contributed by atoms with van der Waals surface area (Å²) < 4.78 is 30.8. The van der Waals surface area contributed by atoms with Crippen LogP contribution in [0, 0.1) is 0 Å². The lowest BCUT2D eigenvalue weighted by Gasteiger charge is -2.18. The van der Waals surface area contributed by atoms with Crippen LogP contribution in [0.4, 0.5) is 0 Å². The second kappa shape index (κ2) is 6.19. The molecule has 0 unspecified atom stereocenters. The Kier molecular flexibility index (Phi) is 5.15. The van der Waals surface area contributed by atoms with Gasteiger partial charge in [-0.3, -0.25) is 0 Å². The lowest BCUT2D eigenvalue weighted by Crippen LogP contribution is -2.33. The zero-order chi connectivity index (χ0) is 13.8. The second-order valence-corrected chi connectivity index (χ2v) is 6.19. The van der Waals surface area contributed by atoms with Crippen molar-refractivity contribution < 1.29 is 17.9 Å². The molecule has 1 aliphatic rings. The number of nitrogens with zero attached hydrogens (tertiary/aromatic N) is 2. The van der Waals surface area contributed by atoms with Crippen molar-refractivity contribution in [2.24, 2.45) is 0 Å². The maximum atomic E-state index is 12.3. The van der Waals surface area contributed by atoms with Gasteiger partial charge in [0.05, 0.1) is 6.61 Å². The molecule has 0 spiro atoms. The van der Waals surface area contributed by atoms with Gasteiger partial charge in [0, 0.05) is 33.4 Å². The Morgan fingerprint density at radius 3 is 2.33 bits per heavy atom. The van der Waals surface area contributed by atoms with Crippen molar-refractivity contribution >= 4 is 16.0 Å². The number of rotatable bonds is 5. The molecule has 0 bridgehead atoms. The molecule has 0 aromatic heterocycles. The van der Waals surface area contributed by atoms with Crippen LogP contribution in [0.1, 0.15) is 19.8 Å². The summed E-state index contributed by atoms with van der Waals surface area (Å²) in [4.78, 5) is 13.0. The fraction of sp³-hybridized carbons (Fsp3) is 0.727. The van der Waals surface area contributed by atoms with Crippen molar-refractivity contribution in [2.75, 3.05) is 33.8 Å². The van der Waals surface area contributed by atoms with Crippen LogP contribution in [0.25, 0.3) is 0 Å². The standard InChI is InChI=1S/C11H20N2O4S/c1-4-17-11(14)10(9-12(2)3)18(15,16)13-7-5-6-8-13/h9H,4-8H2,1-3H3. The van der Waals surface area contributed by atoms with Gasteiger partial charge in [0.2, 0.25) is 0 Å². The van der Waals surface area contributed by atoms with Crippen LogP contribution >= 0.6 is 0 Å². The SMILES string of the molecule is CCOC(=O)C(=CN(C)C)S(=O)(=O)N1CCCC1. The van der Waals surface area contributed by atoms with E-state index in [4.69, 9.17) is 4.74 Å². The average molecular weight is 276 g/mol. The Hall–Kier alpha value is -1.08. The lowest BCUT2D eigenvalue weighted by molar-refractivity contribution is -0.137. The van der Waals surface area contributed by atoms with Gasteiger partial charge in [-0.15, -0.1) is 0 Å². The van der Waals surface area contributed by atoms with E-state index in [1.165, 1.54) is 15.4 Å². The summed E-state index contributed by atoms with van der Waals surface area (Å²) >= 11 is 0. The zero-order valence-electron chi connectivity index (χ0n) is 11.0. The van der Waals surface area contributed by atoms with Gasteiger partial charge in [-0.05, 0) is 19.8 Å². The Labute approximate surface area is 108 Å². The van der Waals surface area contributed by atoms with Gasteiger partial charge in [0.1, 0.15) is 0 Å². The van der Waals surface area contributed by atoms with E-state index in [1.807, 2.05) is 0 Å². The van der Waals surface area contributed by atoms with E-state index < -0.39 is 16.0 Å². The summed E-state index contributed by atoms with van der Waals surface area (Å²) in [5, 5.41) is 0. The summed E-state index contributed by atoms with van der Waals surface area (Å²) in [6.45, 7) is 2.73. The molecule has 1 fully saturated rings. The van der Waals surface area contributed by atoms with Gasteiger partial charge in [0.15, 0.2) is 4.91 Å². The highest BCUT2D eigenvalue weighted by molar-refractivity contribution is 7.94. The van der Waals surface area contributed by atoms with Crippen LogP contribution in [-0.2, 0) is 19.6 Å². The van der Waals surface area contributed by atoms with Crippen molar-refractivity contribution in [2.45, 2.75) is 19.8 Å². The third-order valence-electron chi connectivity index (χ3n) is 2.53. The molecule has 104 valence electrons. The Morgan fingerprint density at radius 2 is 1.89 bits per heavy atom. The molecule has 0 aromatic rings. The largest absolute Gasteiger partial charge is 0.462 e. The topological polar surface area (TPSA) is 66.9 Å². The molecule has 0 atom stereocenters.